The van der Waals surface area contributed by atoms with Crippen LogP contribution in [0.15, 0.2) is 24.3 Å². The third-order valence-corrected chi connectivity index (χ3v) is 3.90. The van der Waals surface area contributed by atoms with Crippen LogP contribution in [0, 0.1) is 0 Å². The molecule has 1 heterocycles. The molecular weight excluding hydrogens is 283 g/mol. The molecule has 0 N–H and O–H groups in total. The number of halogens is 3. The molecular formula is C11H8F3NOS2. The van der Waals surface area contributed by atoms with E-state index in [4.69, 9.17) is 12.2 Å². The van der Waals surface area contributed by atoms with Crippen molar-refractivity contribution in [3.8, 4) is 0 Å². The fourth-order valence-electron chi connectivity index (χ4n) is 1.52. The standard InChI is InChI=1S/C11H8F3NOS2/c12-11(13,14)8-3-1-7(2-4-8)5-15-9(16)6-18-10(15)17/h1-4H,5-6H2. The van der Waals surface area contributed by atoms with Gasteiger partial charge in [-0.2, -0.15) is 13.2 Å². The minimum atomic E-state index is -4.34. The summed E-state index contributed by atoms with van der Waals surface area (Å²) in [6, 6.07) is 4.74. The van der Waals surface area contributed by atoms with Crippen molar-refractivity contribution in [2.45, 2.75) is 12.7 Å². The number of nitrogens with zero attached hydrogens (tertiary/aromatic N) is 1. The van der Waals surface area contributed by atoms with Crippen LogP contribution in [0.5, 0.6) is 0 Å². The number of thioether (sulfide) groups is 1. The first-order valence-electron chi connectivity index (χ1n) is 5.01. The Bertz CT molecular complexity index is 468. The van der Waals surface area contributed by atoms with Crippen LogP contribution in [0.4, 0.5) is 13.2 Å². The lowest BCUT2D eigenvalue weighted by molar-refractivity contribution is -0.137. The van der Waals surface area contributed by atoms with Crippen LogP contribution in [-0.2, 0) is 17.5 Å². The first-order chi connectivity index (χ1) is 8.38. The van der Waals surface area contributed by atoms with Crippen molar-refractivity contribution in [1.29, 1.82) is 0 Å². The Kier molecular flexibility index (Phi) is 3.63. The minimum Gasteiger partial charge on any atom is -0.293 e. The average Bonchev–Trinajstić information content (AvgIpc) is 2.60. The second-order valence-corrected chi connectivity index (χ2v) is 5.34. The molecule has 0 aliphatic carbocycles. The molecule has 0 radical (unpaired) electrons. The number of amides is 1. The highest BCUT2D eigenvalue weighted by Crippen LogP contribution is 2.29. The highest BCUT2D eigenvalue weighted by molar-refractivity contribution is 8.23. The highest BCUT2D eigenvalue weighted by Gasteiger charge is 2.30. The van der Waals surface area contributed by atoms with Gasteiger partial charge in [0.1, 0.15) is 4.32 Å². The van der Waals surface area contributed by atoms with Gasteiger partial charge in [-0.1, -0.05) is 36.1 Å². The van der Waals surface area contributed by atoms with Crippen LogP contribution >= 0.6 is 24.0 Å². The molecule has 1 aromatic carbocycles. The summed E-state index contributed by atoms with van der Waals surface area (Å²) in [6.07, 6.45) is -4.34. The van der Waals surface area contributed by atoms with Crippen molar-refractivity contribution in [1.82, 2.24) is 4.90 Å². The predicted molar refractivity (Wildman–Crippen MR) is 67.1 cm³/mol. The Morgan fingerprint density at radius 1 is 1.28 bits per heavy atom. The molecule has 0 unspecified atom stereocenters. The van der Waals surface area contributed by atoms with Crippen LogP contribution < -0.4 is 0 Å². The normalized spacial score (nSPS) is 16.5. The van der Waals surface area contributed by atoms with E-state index in [1.54, 1.807) is 0 Å². The van der Waals surface area contributed by atoms with Gasteiger partial charge in [0.05, 0.1) is 17.9 Å². The zero-order valence-corrected chi connectivity index (χ0v) is 10.7. The molecule has 96 valence electrons. The van der Waals surface area contributed by atoms with E-state index in [0.717, 1.165) is 12.1 Å². The SMILES string of the molecule is O=C1CSC(=S)N1Cc1ccc(C(F)(F)F)cc1. The second kappa shape index (κ2) is 4.89. The molecule has 0 atom stereocenters. The van der Waals surface area contributed by atoms with Gasteiger partial charge in [0.15, 0.2) is 0 Å². The molecule has 0 bridgehead atoms. The first-order valence-corrected chi connectivity index (χ1v) is 6.40. The third-order valence-electron chi connectivity index (χ3n) is 2.46. The Hall–Kier alpha value is -1.08. The van der Waals surface area contributed by atoms with E-state index >= 15 is 0 Å². The van der Waals surface area contributed by atoms with Gasteiger partial charge in [0, 0.05) is 0 Å². The van der Waals surface area contributed by atoms with Gasteiger partial charge >= 0.3 is 6.18 Å². The fourth-order valence-corrected chi connectivity index (χ4v) is 2.58. The monoisotopic (exact) mass is 291 g/mol. The zero-order valence-electron chi connectivity index (χ0n) is 9.03. The van der Waals surface area contributed by atoms with E-state index < -0.39 is 11.7 Å². The van der Waals surface area contributed by atoms with Crippen molar-refractivity contribution < 1.29 is 18.0 Å². The Balaban J connectivity index is 2.11. The summed E-state index contributed by atoms with van der Waals surface area (Å²) in [5, 5.41) is 0. The number of carbonyl (C=O) groups excluding carboxylic acids is 1. The van der Waals surface area contributed by atoms with Crippen LogP contribution in [0.25, 0.3) is 0 Å². The largest absolute Gasteiger partial charge is 0.416 e. The van der Waals surface area contributed by atoms with Gasteiger partial charge in [-0.15, -0.1) is 0 Å². The molecule has 1 fully saturated rings. The lowest BCUT2D eigenvalue weighted by atomic mass is 10.1. The number of benzene rings is 1. The summed E-state index contributed by atoms with van der Waals surface area (Å²) < 4.78 is 37.6. The molecule has 1 amide bonds. The molecule has 2 rings (SSSR count). The van der Waals surface area contributed by atoms with E-state index in [-0.39, 0.29) is 12.5 Å². The van der Waals surface area contributed by atoms with E-state index in [2.05, 4.69) is 0 Å². The van der Waals surface area contributed by atoms with Crippen LogP contribution in [-0.4, -0.2) is 20.9 Å². The second-order valence-electron chi connectivity index (χ2n) is 3.73. The number of rotatable bonds is 2. The quantitative estimate of drug-likeness (QED) is 0.781. The lowest BCUT2D eigenvalue weighted by Gasteiger charge is -2.15. The number of alkyl halides is 3. The van der Waals surface area contributed by atoms with Gasteiger partial charge < -0.3 is 0 Å². The van der Waals surface area contributed by atoms with E-state index in [1.807, 2.05) is 0 Å². The summed E-state index contributed by atoms with van der Waals surface area (Å²) >= 11 is 6.26. The Labute approximate surface area is 111 Å². The molecule has 1 aliphatic rings. The molecule has 7 heteroatoms. The van der Waals surface area contributed by atoms with Crippen molar-refractivity contribution in [2.24, 2.45) is 0 Å². The number of hydrogen-bond donors (Lipinski definition) is 0. The average molecular weight is 291 g/mol. The molecule has 1 aliphatic heterocycles. The minimum absolute atomic E-state index is 0.107. The Morgan fingerprint density at radius 2 is 1.89 bits per heavy atom. The Morgan fingerprint density at radius 3 is 2.33 bits per heavy atom. The van der Waals surface area contributed by atoms with Gasteiger partial charge in [-0.25, -0.2) is 0 Å². The predicted octanol–water partition coefficient (Wildman–Crippen LogP) is 3.07. The van der Waals surface area contributed by atoms with Crippen molar-refractivity contribution in [2.75, 3.05) is 5.75 Å². The molecule has 1 saturated heterocycles. The maximum atomic E-state index is 12.4. The highest BCUT2D eigenvalue weighted by atomic mass is 32.2. The van der Waals surface area contributed by atoms with Crippen LogP contribution in [0.3, 0.4) is 0 Å². The topological polar surface area (TPSA) is 20.3 Å². The van der Waals surface area contributed by atoms with Gasteiger partial charge in [0.2, 0.25) is 5.91 Å². The van der Waals surface area contributed by atoms with Crippen LogP contribution in [0.1, 0.15) is 11.1 Å². The molecule has 0 aromatic heterocycles. The maximum absolute atomic E-state index is 12.4. The molecule has 0 spiro atoms. The van der Waals surface area contributed by atoms with Gasteiger partial charge in [-0.05, 0) is 17.7 Å². The first kappa shape index (κ1) is 13.4. The summed E-state index contributed by atoms with van der Waals surface area (Å²) in [5.41, 5.74) is -0.0721. The zero-order chi connectivity index (χ0) is 13.3. The number of carbonyl (C=O) groups is 1. The van der Waals surface area contributed by atoms with Crippen molar-refractivity contribution in [3.05, 3.63) is 35.4 Å². The smallest absolute Gasteiger partial charge is 0.293 e. The molecule has 1 aromatic rings. The van der Waals surface area contributed by atoms with Crippen molar-refractivity contribution >= 4 is 34.2 Å². The number of hydrogen-bond acceptors (Lipinski definition) is 3. The van der Waals surface area contributed by atoms with Gasteiger partial charge in [-0.3, -0.25) is 9.69 Å². The van der Waals surface area contributed by atoms with E-state index in [1.165, 1.54) is 28.8 Å². The molecule has 18 heavy (non-hydrogen) atoms. The summed E-state index contributed by atoms with van der Waals surface area (Å²) in [6.45, 7) is 0.225. The van der Waals surface area contributed by atoms with E-state index in [0.29, 0.717) is 15.6 Å². The summed E-state index contributed by atoms with van der Waals surface area (Å²) in [4.78, 5) is 12.9. The van der Waals surface area contributed by atoms with Crippen molar-refractivity contribution in [3.63, 3.8) is 0 Å². The van der Waals surface area contributed by atoms with Gasteiger partial charge in [0.25, 0.3) is 0 Å². The summed E-state index contributed by atoms with van der Waals surface area (Å²) in [7, 11) is 0. The molecule has 0 saturated carbocycles. The summed E-state index contributed by atoms with van der Waals surface area (Å²) in [5.74, 6) is 0.198. The third kappa shape index (κ3) is 2.84. The lowest BCUT2D eigenvalue weighted by Crippen LogP contribution is -2.27. The van der Waals surface area contributed by atoms with Crippen LogP contribution in [0.2, 0.25) is 0 Å². The maximum Gasteiger partial charge on any atom is 0.416 e. The number of thiocarbonyl (C=S) groups is 1. The van der Waals surface area contributed by atoms with E-state index in [9.17, 15) is 18.0 Å². The fraction of sp³-hybridized carbons (Fsp3) is 0.273. The molecule has 2 nitrogen and oxygen atoms in total.